The highest BCUT2D eigenvalue weighted by Crippen LogP contribution is 2.27. The van der Waals surface area contributed by atoms with Gasteiger partial charge < -0.3 is 15.2 Å². The normalized spacial score (nSPS) is 11.6. The van der Waals surface area contributed by atoms with E-state index in [1.807, 2.05) is 0 Å². The van der Waals surface area contributed by atoms with Gasteiger partial charge in [-0.15, -0.1) is 0 Å². The van der Waals surface area contributed by atoms with Gasteiger partial charge in [0, 0.05) is 12.3 Å². The van der Waals surface area contributed by atoms with Gasteiger partial charge in [0.25, 0.3) is 5.91 Å². The Hall–Kier alpha value is -3.52. The Labute approximate surface area is 175 Å². The number of carbonyl (C=O) groups excluding carboxylic acids is 1. The second-order valence-corrected chi connectivity index (χ2v) is 6.74. The molecule has 1 atom stereocenters. The van der Waals surface area contributed by atoms with Crippen molar-refractivity contribution in [2.24, 2.45) is 0 Å². The molecule has 3 rings (SSSR count). The fraction of sp³-hybridized carbons (Fsp3) is 0.0952. The summed E-state index contributed by atoms with van der Waals surface area (Å²) in [5.41, 5.74) is 0.784. The molecule has 3 aromatic rings. The van der Waals surface area contributed by atoms with E-state index in [4.69, 9.17) is 21.4 Å². The number of rotatable bonds is 6. The van der Waals surface area contributed by atoms with E-state index in [1.165, 1.54) is 30.5 Å². The van der Waals surface area contributed by atoms with Crippen molar-refractivity contribution in [3.05, 3.63) is 88.1 Å². The van der Waals surface area contributed by atoms with E-state index >= 15 is 0 Å². The topological polar surface area (TPSA) is 88.5 Å². The molecule has 154 valence electrons. The van der Waals surface area contributed by atoms with Crippen molar-refractivity contribution in [1.82, 2.24) is 10.3 Å². The number of carbonyl (C=O) groups is 2. The van der Waals surface area contributed by atoms with Crippen LogP contribution in [0, 0.1) is 11.6 Å². The minimum absolute atomic E-state index is 0.0127. The van der Waals surface area contributed by atoms with Gasteiger partial charge in [-0.3, -0.25) is 4.79 Å². The van der Waals surface area contributed by atoms with Crippen molar-refractivity contribution in [2.75, 3.05) is 0 Å². The Morgan fingerprint density at radius 1 is 1.10 bits per heavy atom. The fourth-order valence-corrected chi connectivity index (χ4v) is 2.75. The molecule has 2 N–H and O–H groups in total. The minimum Gasteiger partial charge on any atom is -0.478 e. The van der Waals surface area contributed by atoms with E-state index in [0.29, 0.717) is 5.56 Å². The summed E-state index contributed by atoms with van der Waals surface area (Å²) in [4.78, 5) is 27.7. The average Bonchev–Trinajstić information content (AvgIpc) is 2.72. The lowest BCUT2D eigenvalue weighted by atomic mass is 10.1. The third kappa shape index (κ3) is 4.90. The van der Waals surface area contributed by atoms with E-state index in [2.05, 4.69) is 10.3 Å². The van der Waals surface area contributed by atoms with Crippen molar-refractivity contribution in [3.8, 4) is 11.6 Å². The Balaban J connectivity index is 1.81. The number of aromatic carboxylic acids is 1. The largest absolute Gasteiger partial charge is 0.478 e. The monoisotopic (exact) mass is 432 g/mol. The Bertz CT molecular complexity index is 1110. The van der Waals surface area contributed by atoms with Crippen LogP contribution in [-0.2, 0) is 0 Å². The summed E-state index contributed by atoms with van der Waals surface area (Å²) < 4.78 is 32.0. The van der Waals surface area contributed by atoms with Crippen LogP contribution in [0.15, 0.2) is 54.7 Å². The van der Waals surface area contributed by atoms with Crippen molar-refractivity contribution < 1.29 is 28.2 Å². The molecular formula is C21H15ClF2N2O4. The number of benzene rings is 2. The summed E-state index contributed by atoms with van der Waals surface area (Å²) >= 11 is 5.95. The standard InChI is InChI=1S/C21H15ClF2N2O4/c1-11(12-2-4-13(5-3-12)21(28)29)26-19(27)16-8-14(22)10-25-20(16)30-15-6-7-17(23)18(24)9-15/h2-11H,1H3,(H,26,27)(H,28,29)/t11-/m0/s1. The molecule has 0 aliphatic rings. The molecule has 30 heavy (non-hydrogen) atoms. The zero-order valence-electron chi connectivity index (χ0n) is 15.5. The van der Waals surface area contributed by atoms with Crippen LogP contribution in [0.5, 0.6) is 11.6 Å². The predicted octanol–water partition coefficient (Wildman–Crippen LogP) is 4.99. The molecule has 0 saturated carbocycles. The zero-order chi connectivity index (χ0) is 21.8. The van der Waals surface area contributed by atoms with E-state index < -0.39 is 29.6 Å². The van der Waals surface area contributed by atoms with Gasteiger partial charge in [-0.05, 0) is 42.8 Å². The number of nitrogens with one attached hydrogen (secondary N) is 1. The molecule has 0 saturated heterocycles. The molecule has 9 heteroatoms. The second-order valence-electron chi connectivity index (χ2n) is 6.31. The molecule has 2 aromatic carbocycles. The molecule has 0 aliphatic carbocycles. The van der Waals surface area contributed by atoms with Crippen molar-refractivity contribution >= 4 is 23.5 Å². The van der Waals surface area contributed by atoms with Crippen LogP contribution >= 0.6 is 11.6 Å². The molecule has 0 unspecified atom stereocenters. The van der Waals surface area contributed by atoms with Crippen LogP contribution in [0.3, 0.4) is 0 Å². The van der Waals surface area contributed by atoms with Gasteiger partial charge in [-0.2, -0.15) is 0 Å². The van der Waals surface area contributed by atoms with Gasteiger partial charge in [0.05, 0.1) is 16.6 Å². The van der Waals surface area contributed by atoms with Gasteiger partial charge in [0.15, 0.2) is 11.6 Å². The Kier molecular flexibility index (Phi) is 6.27. The lowest BCUT2D eigenvalue weighted by molar-refractivity contribution is 0.0696. The van der Waals surface area contributed by atoms with Gasteiger partial charge in [-0.25, -0.2) is 18.6 Å². The number of nitrogens with zero attached hydrogens (tertiary/aromatic N) is 1. The molecule has 6 nitrogen and oxygen atoms in total. The van der Waals surface area contributed by atoms with Gasteiger partial charge in [0.2, 0.25) is 5.88 Å². The number of hydrogen-bond donors (Lipinski definition) is 2. The van der Waals surface area contributed by atoms with Crippen LogP contribution in [0.4, 0.5) is 8.78 Å². The van der Waals surface area contributed by atoms with Crippen LogP contribution in [0.2, 0.25) is 5.02 Å². The van der Waals surface area contributed by atoms with Crippen molar-refractivity contribution in [3.63, 3.8) is 0 Å². The molecule has 0 bridgehead atoms. The van der Waals surface area contributed by atoms with Gasteiger partial charge >= 0.3 is 5.97 Å². The number of halogens is 3. The number of carboxylic acids is 1. The first-order chi connectivity index (χ1) is 14.2. The van der Waals surface area contributed by atoms with Crippen molar-refractivity contribution in [1.29, 1.82) is 0 Å². The van der Waals surface area contributed by atoms with Crippen LogP contribution in [-0.4, -0.2) is 22.0 Å². The predicted molar refractivity (Wildman–Crippen MR) is 105 cm³/mol. The number of hydrogen-bond acceptors (Lipinski definition) is 4. The molecule has 0 aliphatic heterocycles. The summed E-state index contributed by atoms with van der Waals surface area (Å²) in [6.45, 7) is 1.71. The first kappa shape index (κ1) is 21.2. The van der Waals surface area contributed by atoms with Crippen LogP contribution in [0.25, 0.3) is 0 Å². The quantitative estimate of drug-likeness (QED) is 0.572. The van der Waals surface area contributed by atoms with Crippen molar-refractivity contribution in [2.45, 2.75) is 13.0 Å². The lowest BCUT2D eigenvalue weighted by Gasteiger charge is -2.16. The molecule has 0 radical (unpaired) electrons. The van der Waals surface area contributed by atoms with E-state index in [-0.39, 0.29) is 27.8 Å². The van der Waals surface area contributed by atoms with E-state index in [0.717, 1.165) is 12.1 Å². The summed E-state index contributed by atoms with van der Waals surface area (Å²) in [5, 5.41) is 11.9. The third-order valence-corrected chi connectivity index (χ3v) is 4.38. The highest BCUT2D eigenvalue weighted by atomic mass is 35.5. The first-order valence-corrected chi connectivity index (χ1v) is 9.05. The highest BCUT2D eigenvalue weighted by Gasteiger charge is 2.19. The molecule has 1 heterocycles. The number of pyridine rings is 1. The minimum atomic E-state index is -1.11. The number of ether oxygens (including phenoxy) is 1. The van der Waals surface area contributed by atoms with Gasteiger partial charge in [0.1, 0.15) is 11.3 Å². The maximum atomic E-state index is 13.4. The second kappa shape index (κ2) is 8.87. The van der Waals surface area contributed by atoms with E-state index in [1.54, 1.807) is 19.1 Å². The van der Waals surface area contributed by atoms with Gasteiger partial charge in [-0.1, -0.05) is 23.7 Å². The highest BCUT2D eigenvalue weighted by molar-refractivity contribution is 6.30. The smallest absolute Gasteiger partial charge is 0.335 e. The lowest BCUT2D eigenvalue weighted by Crippen LogP contribution is -2.27. The third-order valence-electron chi connectivity index (χ3n) is 4.17. The number of aromatic nitrogens is 1. The van der Waals surface area contributed by atoms with Crippen LogP contribution < -0.4 is 10.1 Å². The summed E-state index contributed by atoms with van der Waals surface area (Å²) in [7, 11) is 0. The number of carboxylic acid groups (broad SMARTS) is 1. The Morgan fingerprint density at radius 3 is 2.43 bits per heavy atom. The SMILES string of the molecule is C[C@H](NC(=O)c1cc(Cl)cnc1Oc1ccc(F)c(F)c1)c1ccc(C(=O)O)cc1. The first-order valence-electron chi connectivity index (χ1n) is 8.67. The molecule has 1 aromatic heterocycles. The fourth-order valence-electron chi connectivity index (χ4n) is 2.59. The number of amides is 1. The maximum absolute atomic E-state index is 13.4. The zero-order valence-corrected chi connectivity index (χ0v) is 16.3. The molecule has 1 amide bonds. The molecule has 0 spiro atoms. The summed E-state index contributed by atoms with van der Waals surface area (Å²) in [6.07, 6.45) is 1.25. The van der Waals surface area contributed by atoms with Crippen LogP contribution in [0.1, 0.15) is 39.2 Å². The Morgan fingerprint density at radius 2 is 1.80 bits per heavy atom. The average molecular weight is 433 g/mol. The molecular weight excluding hydrogens is 418 g/mol. The van der Waals surface area contributed by atoms with E-state index in [9.17, 15) is 18.4 Å². The molecule has 0 fully saturated rings. The summed E-state index contributed by atoms with van der Waals surface area (Å²) in [5.74, 6) is -3.95. The summed E-state index contributed by atoms with van der Waals surface area (Å²) in [6, 6.07) is 9.81. The maximum Gasteiger partial charge on any atom is 0.335 e.